The molecule has 2 unspecified atom stereocenters. The first kappa shape index (κ1) is 20.2. The number of nitrogens with one attached hydrogen (secondary N) is 1. The van der Waals surface area contributed by atoms with Gasteiger partial charge in [-0.1, -0.05) is 44.2 Å². The summed E-state index contributed by atoms with van der Waals surface area (Å²) in [6, 6.07) is 10.7. The van der Waals surface area contributed by atoms with Crippen molar-refractivity contribution in [3.63, 3.8) is 0 Å². The highest BCUT2D eigenvalue weighted by molar-refractivity contribution is 5.68. The Morgan fingerprint density at radius 1 is 1.30 bits per heavy atom. The smallest absolute Gasteiger partial charge is 0.407 e. The van der Waals surface area contributed by atoms with Crippen molar-refractivity contribution in [1.29, 1.82) is 0 Å². The minimum Gasteiger partial charge on any atom is -0.444 e. The number of carbonyl (C=O) groups excluding carboxylic acids is 1. The standard InChI is InChI=1S/C22H34N2O3/c1-15(2)19-22(14-24(19)13-16-9-7-6-8-10-16)11-17(18(25)12-22)23-20(26)27-21(3,4)5/h6-10,15,17-19,25H,11-14H2,1-5H3,(H,23,26)/t17-,18-,19?,22?/m1/s1. The van der Waals surface area contributed by atoms with E-state index in [1.165, 1.54) is 5.56 Å². The second-order valence-electron chi connectivity index (χ2n) is 9.67. The van der Waals surface area contributed by atoms with Gasteiger partial charge in [-0.2, -0.15) is 0 Å². The van der Waals surface area contributed by atoms with E-state index in [-0.39, 0.29) is 11.5 Å². The number of likely N-dealkylation sites (tertiary alicyclic amines) is 1. The molecule has 1 saturated carbocycles. The fourth-order valence-corrected chi connectivity index (χ4v) is 5.16. The summed E-state index contributed by atoms with van der Waals surface area (Å²) in [6.45, 7) is 12.0. The van der Waals surface area contributed by atoms with Crippen LogP contribution in [-0.2, 0) is 11.3 Å². The van der Waals surface area contributed by atoms with Gasteiger partial charge in [-0.25, -0.2) is 4.79 Å². The largest absolute Gasteiger partial charge is 0.444 e. The fourth-order valence-electron chi connectivity index (χ4n) is 5.16. The summed E-state index contributed by atoms with van der Waals surface area (Å²) >= 11 is 0. The molecule has 1 aliphatic heterocycles. The van der Waals surface area contributed by atoms with Gasteiger partial charge >= 0.3 is 6.09 Å². The molecule has 1 heterocycles. The lowest BCUT2D eigenvalue weighted by Crippen LogP contribution is -2.65. The lowest BCUT2D eigenvalue weighted by atomic mass is 9.65. The van der Waals surface area contributed by atoms with Crippen LogP contribution in [0.1, 0.15) is 53.0 Å². The van der Waals surface area contributed by atoms with Crippen LogP contribution in [0.4, 0.5) is 4.79 Å². The van der Waals surface area contributed by atoms with Gasteiger partial charge in [0.2, 0.25) is 0 Å². The maximum atomic E-state index is 12.1. The van der Waals surface area contributed by atoms with Crippen LogP contribution in [0.25, 0.3) is 0 Å². The fraction of sp³-hybridized carbons (Fsp3) is 0.682. The maximum Gasteiger partial charge on any atom is 0.407 e. The number of benzene rings is 1. The van der Waals surface area contributed by atoms with Gasteiger partial charge in [0.15, 0.2) is 0 Å². The van der Waals surface area contributed by atoms with Gasteiger partial charge < -0.3 is 15.2 Å². The van der Waals surface area contributed by atoms with Crippen molar-refractivity contribution in [2.45, 2.75) is 77.8 Å². The van der Waals surface area contributed by atoms with Crippen molar-refractivity contribution < 1.29 is 14.6 Å². The van der Waals surface area contributed by atoms with Crippen molar-refractivity contribution in [1.82, 2.24) is 10.2 Å². The summed E-state index contributed by atoms with van der Waals surface area (Å²) < 4.78 is 5.37. The monoisotopic (exact) mass is 374 g/mol. The number of nitrogens with zero attached hydrogens (tertiary/aromatic N) is 1. The number of carbonyl (C=O) groups is 1. The number of hydrogen-bond acceptors (Lipinski definition) is 4. The third-order valence-corrected chi connectivity index (χ3v) is 5.81. The predicted molar refractivity (Wildman–Crippen MR) is 106 cm³/mol. The molecule has 2 fully saturated rings. The molecule has 1 aromatic carbocycles. The van der Waals surface area contributed by atoms with Crippen LogP contribution in [-0.4, -0.2) is 46.4 Å². The number of hydrogen-bond donors (Lipinski definition) is 2. The molecule has 0 aromatic heterocycles. The summed E-state index contributed by atoms with van der Waals surface area (Å²) in [5, 5.41) is 13.5. The van der Waals surface area contributed by atoms with Crippen LogP contribution in [0, 0.1) is 11.3 Å². The molecule has 1 spiro atoms. The summed E-state index contributed by atoms with van der Waals surface area (Å²) in [5.74, 6) is 0.495. The lowest BCUT2D eigenvalue weighted by Gasteiger charge is -2.58. The molecule has 0 radical (unpaired) electrons. The van der Waals surface area contributed by atoms with Gasteiger partial charge in [0.05, 0.1) is 12.1 Å². The summed E-state index contributed by atoms with van der Waals surface area (Å²) in [5.41, 5.74) is 0.858. The van der Waals surface area contributed by atoms with Crippen LogP contribution < -0.4 is 5.32 Å². The number of amides is 1. The lowest BCUT2D eigenvalue weighted by molar-refractivity contribution is -0.105. The van der Waals surface area contributed by atoms with E-state index in [2.05, 4.69) is 48.3 Å². The Bertz CT molecular complexity index is 655. The van der Waals surface area contributed by atoms with Gasteiger partial charge in [-0.15, -0.1) is 0 Å². The average Bonchev–Trinajstić information content (AvgIpc) is 2.83. The minimum absolute atomic E-state index is 0.0715. The molecule has 4 atom stereocenters. The number of alkyl carbamates (subject to hydrolysis) is 1. The van der Waals surface area contributed by atoms with Crippen molar-refractivity contribution in [2.24, 2.45) is 11.3 Å². The number of aliphatic hydroxyl groups excluding tert-OH is 1. The van der Waals surface area contributed by atoms with E-state index in [1.807, 2.05) is 26.8 Å². The Morgan fingerprint density at radius 3 is 2.56 bits per heavy atom. The van der Waals surface area contributed by atoms with E-state index >= 15 is 0 Å². The first-order valence-corrected chi connectivity index (χ1v) is 10.1. The SMILES string of the molecule is CC(C)C1N(Cc2ccccc2)CC12C[C@@H](O)[C@H](NC(=O)OC(C)(C)C)C2. The van der Waals surface area contributed by atoms with Gasteiger partial charge in [-0.05, 0) is 45.1 Å². The van der Waals surface area contributed by atoms with E-state index in [0.717, 1.165) is 25.9 Å². The van der Waals surface area contributed by atoms with Gasteiger partial charge in [0, 0.05) is 24.5 Å². The quantitative estimate of drug-likeness (QED) is 0.846. The molecule has 1 amide bonds. The normalized spacial score (nSPS) is 31.1. The Hall–Kier alpha value is -1.59. The molecule has 3 rings (SSSR count). The van der Waals surface area contributed by atoms with E-state index in [4.69, 9.17) is 4.74 Å². The number of aliphatic hydroxyl groups is 1. The van der Waals surface area contributed by atoms with E-state index in [0.29, 0.717) is 12.0 Å². The third-order valence-electron chi connectivity index (χ3n) is 5.81. The molecule has 1 aromatic rings. The number of rotatable bonds is 4. The Labute approximate surface area is 163 Å². The average molecular weight is 375 g/mol. The van der Waals surface area contributed by atoms with Crippen LogP contribution in [0.2, 0.25) is 0 Å². The molecular weight excluding hydrogens is 340 g/mol. The molecule has 150 valence electrons. The highest BCUT2D eigenvalue weighted by Crippen LogP contribution is 2.53. The first-order valence-electron chi connectivity index (χ1n) is 10.1. The Morgan fingerprint density at radius 2 is 1.96 bits per heavy atom. The van der Waals surface area contributed by atoms with Crippen molar-refractivity contribution in [3.8, 4) is 0 Å². The van der Waals surface area contributed by atoms with Gasteiger partial charge in [-0.3, -0.25) is 4.90 Å². The molecule has 2 aliphatic rings. The highest BCUT2D eigenvalue weighted by atomic mass is 16.6. The highest BCUT2D eigenvalue weighted by Gasteiger charge is 2.59. The third kappa shape index (κ3) is 4.46. The Kier molecular flexibility index (Phi) is 5.55. The first-order chi connectivity index (χ1) is 12.6. The molecular formula is C22H34N2O3. The molecule has 1 aliphatic carbocycles. The van der Waals surface area contributed by atoms with Gasteiger partial charge in [0.25, 0.3) is 0 Å². The van der Waals surface area contributed by atoms with E-state index < -0.39 is 17.8 Å². The van der Waals surface area contributed by atoms with Gasteiger partial charge in [0.1, 0.15) is 5.60 Å². The Balaban J connectivity index is 1.65. The van der Waals surface area contributed by atoms with E-state index in [9.17, 15) is 9.90 Å². The zero-order valence-corrected chi connectivity index (χ0v) is 17.2. The molecule has 5 heteroatoms. The second kappa shape index (κ2) is 7.44. The number of ether oxygens (including phenoxy) is 1. The topological polar surface area (TPSA) is 61.8 Å². The zero-order valence-electron chi connectivity index (χ0n) is 17.2. The van der Waals surface area contributed by atoms with Crippen LogP contribution in [0.5, 0.6) is 0 Å². The second-order valence-corrected chi connectivity index (χ2v) is 9.67. The maximum absolute atomic E-state index is 12.1. The van der Waals surface area contributed by atoms with Crippen molar-refractivity contribution in [3.05, 3.63) is 35.9 Å². The zero-order chi connectivity index (χ0) is 19.8. The summed E-state index contributed by atoms with van der Waals surface area (Å²) in [4.78, 5) is 14.7. The van der Waals surface area contributed by atoms with Crippen LogP contribution in [0.15, 0.2) is 30.3 Å². The molecule has 2 N–H and O–H groups in total. The van der Waals surface area contributed by atoms with Crippen molar-refractivity contribution >= 4 is 6.09 Å². The molecule has 0 bridgehead atoms. The summed E-state index contributed by atoms with van der Waals surface area (Å²) in [6.07, 6.45) is 0.589. The molecule has 27 heavy (non-hydrogen) atoms. The van der Waals surface area contributed by atoms with Crippen LogP contribution in [0.3, 0.4) is 0 Å². The summed E-state index contributed by atoms with van der Waals surface area (Å²) in [7, 11) is 0. The minimum atomic E-state index is -0.533. The van der Waals surface area contributed by atoms with E-state index in [1.54, 1.807) is 0 Å². The molecule has 1 saturated heterocycles. The predicted octanol–water partition coefficient (Wildman–Crippen LogP) is 3.56. The van der Waals surface area contributed by atoms with Crippen molar-refractivity contribution in [2.75, 3.05) is 6.54 Å². The molecule has 5 nitrogen and oxygen atoms in total. The van der Waals surface area contributed by atoms with Crippen LogP contribution >= 0.6 is 0 Å².